The molecule has 18 heavy (non-hydrogen) atoms. The summed E-state index contributed by atoms with van der Waals surface area (Å²) >= 11 is 5.00. The molecule has 0 aliphatic heterocycles. The van der Waals surface area contributed by atoms with Crippen molar-refractivity contribution >= 4 is 23.1 Å². The molecule has 0 aromatic rings. The first-order valence-corrected chi connectivity index (χ1v) is 7.20. The molecule has 0 spiro atoms. The lowest BCUT2D eigenvalue weighted by Gasteiger charge is -2.39. The fourth-order valence-corrected chi connectivity index (χ4v) is 2.31. The van der Waals surface area contributed by atoms with Gasteiger partial charge in [0, 0.05) is 19.8 Å². The Morgan fingerprint density at radius 3 is 2.56 bits per heavy atom. The lowest BCUT2D eigenvalue weighted by molar-refractivity contribution is -0.130. The average molecular weight is 272 g/mol. The van der Waals surface area contributed by atoms with E-state index < -0.39 is 5.41 Å². The zero-order valence-electron chi connectivity index (χ0n) is 11.2. The van der Waals surface area contributed by atoms with Gasteiger partial charge in [-0.1, -0.05) is 32.0 Å². The molecule has 0 atom stereocenters. The van der Waals surface area contributed by atoms with Crippen LogP contribution >= 0.6 is 12.2 Å². The first kappa shape index (κ1) is 15.4. The van der Waals surface area contributed by atoms with Gasteiger partial charge < -0.3 is 15.8 Å². The smallest absolute Gasteiger partial charge is 0.233 e. The Morgan fingerprint density at radius 2 is 2.06 bits per heavy atom. The molecule has 1 fully saturated rings. The SMILES string of the molecule is CCCCOCCCNC(=O)C1(C(N)=S)CCC1. The molecular formula is C13H24N2O2S. The summed E-state index contributed by atoms with van der Waals surface area (Å²) in [7, 11) is 0. The molecule has 0 unspecified atom stereocenters. The van der Waals surface area contributed by atoms with Crippen molar-refractivity contribution in [2.24, 2.45) is 11.1 Å². The number of rotatable bonds is 9. The Kier molecular flexibility index (Phi) is 6.57. The maximum Gasteiger partial charge on any atom is 0.233 e. The van der Waals surface area contributed by atoms with Crippen LogP contribution in [-0.4, -0.2) is 30.7 Å². The summed E-state index contributed by atoms with van der Waals surface area (Å²) in [5, 5.41) is 2.91. The van der Waals surface area contributed by atoms with Gasteiger partial charge in [-0.05, 0) is 25.7 Å². The first-order chi connectivity index (χ1) is 8.63. The minimum absolute atomic E-state index is 0.00481. The van der Waals surface area contributed by atoms with E-state index >= 15 is 0 Å². The molecule has 1 aliphatic carbocycles. The molecular weight excluding hydrogens is 248 g/mol. The van der Waals surface area contributed by atoms with E-state index in [1.165, 1.54) is 0 Å². The van der Waals surface area contributed by atoms with E-state index in [4.69, 9.17) is 22.7 Å². The Balaban J connectivity index is 2.12. The summed E-state index contributed by atoms with van der Waals surface area (Å²) in [6.07, 6.45) is 5.69. The number of amides is 1. The van der Waals surface area contributed by atoms with Crippen LogP contribution in [0.5, 0.6) is 0 Å². The molecule has 0 aromatic carbocycles. The number of unbranched alkanes of at least 4 members (excludes halogenated alkanes) is 1. The number of nitrogens with two attached hydrogens (primary N) is 1. The molecule has 1 rings (SSSR count). The molecule has 1 saturated carbocycles. The van der Waals surface area contributed by atoms with Crippen molar-refractivity contribution in [1.29, 1.82) is 0 Å². The quantitative estimate of drug-likeness (QED) is 0.496. The van der Waals surface area contributed by atoms with Crippen LogP contribution in [0.25, 0.3) is 0 Å². The molecule has 0 bridgehead atoms. The molecule has 0 saturated heterocycles. The Bertz CT molecular complexity index is 291. The molecule has 1 amide bonds. The number of thiocarbonyl (C=S) groups is 1. The summed E-state index contributed by atoms with van der Waals surface area (Å²) in [5.41, 5.74) is 5.11. The van der Waals surface area contributed by atoms with E-state index in [1.807, 2.05) is 0 Å². The largest absolute Gasteiger partial charge is 0.392 e. The van der Waals surface area contributed by atoms with Crippen LogP contribution in [0.15, 0.2) is 0 Å². The van der Waals surface area contributed by atoms with E-state index in [9.17, 15) is 4.79 Å². The maximum atomic E-state index is 12.0. The van der Waals surface area contributed by atoms with Crippen molar-refractivity contribution < 1.29 is 9.53 Å². The number of hydrogen-bond donors (Lipinski definition) is 2. The lowest BCUT2D eigenvalue weighted by Crippen LogP contribution is -2.53. The second-order valence-electron chi connectivity index (χ2n) is 4.88. The van der Waals surface area contributed by atoms with Gasteiger partial charge in [-0.3, -0.25) is 4.79 Å². The van der Waals surface area contributed by atoms with Crippen LogP contribution in [0, 0.1) is 5.41 Å². The van der Waals surface area contributed by atoms with E-state index in [-0.39, 0.29) is 5.91 Å². The second-order valence-corrected chi connectivity index (χ2v) is 5.32. The average Bonchev–Trinajstić information content (AvgIpc) is 2.25. The van der Waals surface area contributed by atoms with Gasteiger partial charge in [0.2, 0.25) is 5.91 Å². The predicted molar refractivity (Wildman–Crippen MR) is 76.4 cm³/mol. The van der Waals surface area contributed by atoms with E-state index in [1.54, 1.807) is 0 Å². The van der Waals surface area contributed by atoms with E-state index in [0.29, 0.717) is 18.1 Å². The zero-order chi connectivity index (χ0) is 13.4. The third-order valence-corrected chi connectivity index (χ3v) is 3.90. The molecule has 104 valence electrons. The highest BCUT2D eigenvalue weighted by atomic mass is 32.1. The Hall–Kier alpha value is -0.680. The topological polar surface area (TPSA) is 64.3 Å². The summed E-state index contributed by atoms with van der Waals surface area (Å²) < 4.78 is 5.43. The molecule has 0 heterocycles. The molecule has 0 aromatic heterocycles. The Labute approximate surface area is 115 Å². The van der Waals surface area contributed by atoms with Gasteiger partial charge in [0.1, 0.15) is 0 Å². The predicted octanol–water partition coefficient (Wildman–Crippen LogP) is 1.77. The van der Waals surface area contributed by atoms with Gasteiger partial charge in [-0.25, -0.2) is 0 Å². The van der Waals surface area contributed by atoms with E-state index in [2.05, 4.69) is 12.2 Å². The number of ether oxygens (including phenoxy) is 1. The van der Waals surface area contributed by atoms with Crippen LogP contribution in [0.3, 0.4) is 0 Å². The standard InChI is InChI=1S/C13H24N2O2S/c1-2-3-9-17-10-5-8-15-12(16)13(11(14)18)6-4-7-13/h2-10H2,1H3,(H2,14,18)(H,15,16). The van der Waals surface area contributed by atoms with Crippen LogP contribution in [0.1, 0.15) is 45.4 Å². The summed E-state index contributed by atoms with van der Waals surface area (Å²) in [6, 6.07) is 0. The van der Waals surface area contributed by atoms with Crippen LogP contribution in [0.4, 0.5) is 0 Å². The minimum atomic E-state index is -0.557. The number of hydrogen-bond acceptors (Lipinski definition) is 3. The third-order valence-electron chi connectivity index (χ3n) is 3.51. The summed E-state index contributed by atoms with van der Waals surface area (Å²) in [4.78, 5) is 12.3. The third kappa shape index (κ3) is 3.92. The summed E-state index contributed by atoms with van der Waals surface area (Å²) in [5.74, 6) is -0.00481. The maximum absolute atomic E-state index is 12.0. The van der Waals surface area contributed by atoms with E-state index in [0.717, 1.165) is 45.1 Å². The fourth-order valence-electron chi connectivity index (χ4n) is 2.01. The van der Waals surface area contributed by atoms with Crippen molar-refractivity contribution in [3.63, 3.8) is 0 Å². The lowest BCUT2D eigenvalue weighted by atomic mass is 9.68. The fraction of sp³-hybridized carbons (Fsp3) is 0.846. The highest BCUT2D eigenvalue weighted by molar-refractivity contribution is 7.80. The number of nitrogens with one attached hydrogen (secondary N) is 1. The molecule has 3 N–H and O–H groups in total. The molecule has 5 heteroatoms. The van der Waals surface area contributed by atoms with Crippen LogP contribution in [0.2, 0.25) is 0 Å². The van der Waals surface area contributed by atoms with Gasteiger partial charge in [0.15, 0.2) is 0 Å². The van der Waals surface area contributed by atoms with Crippen molar-refractivity contribution in [3.8, 4) is 0 Å². The monoisotopic (exact) mass is 272 g/mol. The highest BCUT2D eigenvalue weighted by Crippen LogP contribution is 2.41. The number of carbonyl (C=O) groups excluding carboxylic acids is 1. The minimum Gasteiger partial charge on any atom is -0.392 e. The van der Waals surface area contributed by atoms with Gasteiger partial charge in [0.05, 0.1) is 10.4 Å². The summed E-state index contributed by atoms with van der Waals surface area (Å²) in [6.45, 7) is 4.27. The van der Waals surface area contributed by atoms with Crippen LogP contribution < -0.4 is 11.1 Å². The number of carbonyl (C=O) groups is 1. The Morgan fingerprint density at radius 1 is 1.39 bits per heavy atom. The van der Waals surface area contributed by atoms with Crippen molar-refractivity contribution in [1.82, 2.24) is 5.32 Å². The zero-order valence-corrected chi connectivity index (χ0v) is 12.0. The molecule has 0 radical (unpaired) electrons. The van der Waals surface area contributed by atoms with Crippen molar-refractivity contribution in [2.75, 3.05) is 19.8 Å². The van der Waals surface area contributed by atoms with Gasteiger partial charge >= 0.3 is 0 Å². The van der Waals surface area contributed by atoms with Gasteiger partial charge in [0.25, 0.3) is 0 Å². The van der Waals surface area contributed by atoms with Crippen molar-refractivity contribution in [3.05, 3.63) is 0 Å². The van der Waals surface area contributed by atoms with Crippen molar-refractivity contribution in [2.45, 2.75) is 45.4 Å². The highest BCUT2D eigenvalue weighted by Gasteiger charge is 2.46. The van der Waals surface area contributed by atoms with Gasteiger partial charge in [-0.2, -0.15) is 0 Å². The molecule has 1 aliphatic rings. The molecule has 4 nitrogen and oxygen atoms in total. The first-order valence-electron chi connectivity index (χ1n) is 6.79. The normalized spacial score (nSPS) is 16.9. The second kappa shape index (κ2) is 7.69. The van der Waals surface area contributed by atoms with Gasteiger partial charge in [-0.15, -0.1) is 0 Å². The van der Waals surface area contributed by atoms with Crippen LogP contribution in [-0.2, 0) is 9.53 Å².